The molecule has 0 unspecified atom stereocenters. The molecule has 0 atom stereocenters. The van der Waals surface area contributed by atoms with Gasteiger partial charge in [-0.3, -0.25) is 14.9 Å². The fraction of sp³-hybridized carbons (Fsp3) is 0.125. The molecule has 2 aromatic carbocycles. The molecule has 1 aromatic heterocycles. The van der Waals surface area contributed by atoms with Gasteiger partial charge in [0.25, 0.3) is 11.6 Å². The first-order chi connectivity index (χ1) is 11.1. The Labute approximate surface area is 135 Å². The predicted octanol–water partition coefficient (Wildman–Crippen LogP) is 3.18. The van der Waals surface area contributed by atoms with Crippen LogP contribution in [0.15, 0.2) is 48.5 Å². The van der Waals surface area contributed by atoms with Gasteiger partial charge in [-0.25, -0.2) is 4.98 Å². The van der Waals surface area contributed by atoms with E-state index in [0.717, 1.165) is 15.2 Å². The van der Waals surface area contributed by atoms with Gasteiger partial charge in [-0.2, -0.15) is 0 Å². The largest absolute Gasteiger partial charge is 0.351 e. The van der Waals surface area contributed by atoms with Crippen molar-refractivity contribution >= 4 is 33.1 Å². The third-order valence-electron chi connectivity index (χ3n) is 3.31. The van der Waals surface area contributed by atoms with Crippen molar-refractivity contribution in [1.82, 2.24) is 10.3 Å². The maximum atomic E-state index is 12.1. The van der Waals surface area contributed by atoms with Crippen molar-refractivity contribution in [3.8, 4) is 0 Å². The fourth-order valence-corrected chi connectivity index (χ4v) is 3.20. The highest BCUT2D eigenvalue weighted by molar-refractivity contribution is 7.18. The second-order valence-corrected chi connectivity index (χ2v) is 5.97. The van der Waals surface area contributed by atoms with E-state index in [2.05, 4.69) is 10.3 Å². The summed E-state index contributed by atoms with van der Waals surface area (Å²) in [6.45, 7) is 0.380. The summed E-state index contributed by atoms with van der Waals surface area (Å²) in [6, 6.07) is 13.8. The van der Waals surface area contributed by atoms with Crippen molar-refractivity contribution in [2.45, 2.75) is 6.42 Å². The third-order valence-corrected chi connectivity index (χ3v) is 4.40. The van der Waals surface area contributed by atoms with Crippen LogP contribution in [0.2, 0.25) is 0 Å². The van der Waals surface area contributed by atoms with Gasteiger partial charge in [0.1, 0.15) is 5.56 Å². The van der Waals surface area contributed by atoms with Crippen LogP contribution in [-0.4, -0.2) is 22.4 Å². The number of nitrogens with zero attached hydrogens (tertiary/aromatic N) is 2. The molecule has 0 radical (unpaired) electrons. The number of nitro groups is 1. The molecule has 0 bridgehead atoms. The van der Waals surface area contributed by atoms with Crippen LogP contribution in [0.3, 0.4) is 0 Å². The highest BCUT2D eigenvalue weighted by atomic mass is 32.1. The van der Waals surface area contributed by atoms with E-state index in [1.807, 2.05) is 24.3 Å². The van der Waals surface area contributed by atoms with Crippen molar-refractivity contribution in [3.63, 3.8) is 0 Å². The van der Waals surface area contributed by atoms with Crippen LogP contribution in [-0.2, 0) is 6.42 Å². The Kier molecular flexibility index (Phi) is 4.29. The highest BCUT2D eigenvalue weighted by Crippen LogP contribution is 2.21. The van der Waals surface area contributed by atoms with Gasteiger partial charge in [0.2, 0.25) is 0 Å². The predicted molar refractivity (Wildman–Crippen MR) is 88.8 cm³/mol. The topological polar surface area (TPSA) is 85.1 Å². The second kappa shape index (κ2) is 6.53. The van der Waals surface area contributed by atoms with Gasteiger partial charge < -0.3 is 5.32 Å². The number of hydrogen-bond acceptors (Lipinski definition) is 5. The lowest BCUT2D eigenvalue weighted by atomic mass is 10.1. The quantitative estimate of drug-likeness (QED) is 0.576. The zero-order valence-electron chi connectivity index (χ0n) is 12.1. The van der Waals surface area contributed by atoms with Crippen LogP contribution < -0.4 is 5.32 Å². The van der Waals surface area contributed by atoms with Gasteiger partial charge in [-0.05, 0) is 18.2 Å². The molecule has 0 aliphatic rings. The van der Waals surface area contributed by atoms with Crippen LogP contribution in [0.25, 0.3) is 10.2 Å². The minimum absolute atomic E-state index is 0.0711. The maximum Gasteiger partial charge on any atom is 0.282 e. The van der Waals surface area contributed by atoms with Crippen LogP contribution in [0.4, 0.5) is 5.69 Å². The number of amides is 1. The third kappa shape index (κ3) is 3.35. The number of rotatable bonds is 5. The lowest BCUT2D eigenvalue weighted by Gasteiger charge is -2.04. The average molecular weight is 327 g/mol. The number of carbonyl (C=O) groups excluding carboxylic acids is 1. The fourth-order valence-electron chi connectivity index (χ4n) is 2.23. The number of carbonyl (C=O) groups is 1. The van der Waals surface area contributed by atoms with E-state index in [4.69, 9.17) is 0 Å². The Morgan fingerprint density at radius 3 is 2.70 bits per heavy atom. The smallest absolute Gasteiger partial charge is 0.282 e. The summed E-state index contributed by atoms with van der Waals surface area (Å²) in [4.78, 5) is 27.0. The first-order valence-electron chi connectivity index (χ1n) is 7.01. The normalized spacial score (nSPS) is 10.6. The molecule has 6 nitrogen and oxygen atoms in total. The lowest BCUT2D eigenvalue weighted by molar-refractivity contribution is -0.385. The van der Waals surface area contributed by atoms with Gasteiger partial charge in [0.15, 0.2) is 0 Å². The number of hydrogen-bond donors (Lipinski definition) is 1. The van der Waals surface area contributed by atoms with Gasteiger partial charge in [0.05, 0.1) is 20.1 Å². The van der Waals surface area contributed by atoms with Gasteiger partial charge in [0, 0.05) is 19.0 Å². The molecule has 1 heterocycles. The monoisotopic (exact) mass is 327 g/mol. The summed E-state index contributed by atoms with van der Waals surface area (Å²) in [5.41, 5.74) is 0.823. The molecule has 0 aliphatic carbocycles. The number of nitrogens with one attached hydrogen (secondary N) is 1. The Hall–Kier alpha value is -2.80. The van der Waals surface area contributed by atoms with Crippen LogP contribution >= 0.6 is 11.3 Å². The number of thiazole rings is 1. The minimum atomic E-state index is -0.553. The average Bonchev–Trinajstić information content (AvgIpc) is 2.97. The number of nitro benzene ring substituents is 1. The van der Waals surface area contributed by atoms with Crippen LogP contribution in [0.1, 0.15) is 15.4 Å². The van der Waals surface area contributed by atoms with E-state index in [1.165, 1.54) is 18.2 Å². The number of aromatic nitrogens is 1. The van der Waals surface area contributed by atoms with E-state index in [1.54, 1.807) is 17.4 Å². The van der Waals surface area contributed by atoms with E-state index in [9.17, 15) is 14.9 Å². The van der Waals surface area contributed by atoms with Crippen LogP contribution in [0.5, 0.6) is 0 Å². The molecule has 116 valence electrons. The van der Waals surface area contributed by atoms with Crippen molar-refractivity contribution in [2.75, 3.05) is 6.54 Å². The molecule has 0 aliphatic heterocycles. The minimum Gasteiger partial charge on any atom is -0.351 e. The van der Waals surface area contributed by atoms with Crippen molar-refractivity contribution in [2.24, 2.45) is 0 Å². The number of para-hydroxylation sites is 2. The van der Waals surface area contributed by atoms with Gasteiger partial charge in [-0.15, -0.1) is 11.3 Å². The standard InChI is InChI=1S/C16H13N3O3S/c20-16(11-5-1-3-7-13(11)19(21)22)17-10-9-15-18-12-6-2-4-8-14(12)23-15/h1-8H,9-10H2,(H,17,20). The molecule has 0 saturated carbocycles. The molecule has 0 fully saturated rings. The molecular formula is C16H13N3O3S. The Morgan fingerprint density at radius 2 is 1.91 bits per heavy atom. The van der Waals surface area contributed by atoms with Gasteiger partial charge in [-0.1, -0.05) is 24.3 Å². The molecule has 1 amide bonds. The first kappa shape index (κ1) is 15.1. The molecule has 7 heteroatoms. The second-order valence-electron chi connectivity index (χ2n) is 4.86. The zero-order valence-corrected chi connectivity index (χ0v) is 12.9. The summed E-state index contributed by atoms with van der Waals surface area (Å²) in [7, 11) is 0. The molecule has 3 aromatic rings. The van der Waals surface area contributed by atoms with E-state index < -0.39 is 10.8 Å². The van der Waals surface area contributed by atoms with Crippen molar-refractivity contribution in [3.05, 3.63) is 69.2 Å². The number of benzene rings is 2. The van der Waals surface area contributed by atoms with E-state index in [-0.39, 0.29) is 11.3 Å². The van der Waals surface area contributed by atoms with E-state index in [0.29, 0.717) is 13.0 Å². The summed E-state index contributed by atoms with van der Waals surface area (Å²) in [6.07, 6.45) is 0.589. The molecule has 3 rings (SSSR count). The van der Waals surface area contributed by atoms with Crippen LogP contribution in [0, 0.1) is 10.1 Å². The summed E-state index contributed by atoms with van der Waals surface area (Å²) in [5.74, 6) is -0.446. The zero-order chi connectivity index (χ0) is 16.2. The van der Waals surface area contributed by atoms with Gasteiger partial charge >= 0.3 is 0 Å². The highest BCUT2D eigenvalue weighted by Gasteiger charge is 2.18. The molecule has 1 N–H and O–H groups in total. The Morgan fingerprint density at radius 1 is 1.17 bits per heavy atom. The summed E-state index contributed by atoms with van der Waals surface area (Å²) in [5, 5.41) is 14.6. The molecule has 0 saturated heterocycles. The summed E-state index contributed by atoms with van der Waals surface area (Å²) >= 11 is 1.58. The summed E-state index contributed by atoms with van der Waals surface area (Å²) < 4.78 is 1.10. The molecular weight excluding hydrogens is 314 g/mol. The Bertz CT molecular complexity index is 843. The lowest BCUT2D eigenvalue weighted by Crippen LogP contribution is -2.26. The van der Waals surface area contributed by atoms with E-state index >= 15 is 0 Å². The maximum absolute atomic E-state index is 12.1. The number of fused-ring (bicyclic) bond motifs is 1. The van der Waals surface area contributed by atoms with Crippen molar-refractivity contribution < 1.29 is 9.72 Å². The molecule has 23 heavy (non-hydrogen) atoms. The van der Waals surface area contributed by atoms with Crippen molar-refractivity contribution in [1.29, 1.82) is 0 Å². The SMILES string of the molecule is O=C(NCCc1nc2ccccc2s1)c1ccccc1[N+](=O)[O-]. The first-order valence-corrected chi connectivity index (χ1v) is 7.83. The molecule has 0 spiro atoms. The Balaban J connectivity index is 1.64.